The van der Waals surface area contributed by atoms with Gasteiger partial charge in [0.15, 0.2) is 0 Å². The van der Waals surface area contributed by atoms with Crippen molar-refractivity contribution in [1.29, 1.82) is 0 Å². The molecule has 3 rings (SSSR count). The van der Waals surface area contributed by atoms with Crippen molar-refractivity contribution in [3.05, 3.63) is 71.0 Å². The molecule has 1 heterocycles. The molecule has 3 amide bonds. The third-order valence-corrected chi connectivity index (χ3v) is 4.78. The molecule has 148 valence electrons. The number of amides is 3. The van der Waals surface area contributed by atoms with Crippen LogP contribution in [-0.4, -0.2) is 53.0 Å². The molecule has 8 heteroatoms. The van der Waals surface area contributed by atoms with E-state index in [0.29, 0.717) is 13.0 Å². The molecule has 2 atom stereocenters. The van der Waals surface area contributed by atoms with Gasteiger partial charge in [-0.25, -0.2) is 14.0 Å². The standard InChI is InChI=1S/C20H22FN3O4/c21-15-7-5-14(6-8-15)18-17-4-2-1-3-13(17)9-10-24(18)19(26)22-11-16(12-25)23-20(27)28/h1-8,16,18,23,25H,9-12H2,(H,22,26)(H,27,28)/t16-,18+/m1/s1. The number of aliphatic hydroxyl groups excluding tert-OH is 1. The Hall–Kier alpha value is -3.13. The van der Waals surface area contributed by atoms with Crippen molar-refractivity contribution in [2.45, 2.75) is 18.5 Å². The maximum absolute atomic E-state index is 13.4. The highest BCUT2D eigenvalue weighted by atomic mass is 19.1. The Labute approximate surface area is 161 Å². The van der Waals surface area contributed by atoms with Crippen molar-refractivity contribution in [3.8, 4) is 0 Å². The number of benzene rings is 2. The summed E-state index contributed by atoms with van der Waals surface area (Å²) in [5.41, 5.74) is 2.88. The number of rotatable bonds is 5. The highest BCUT2D eigenvalue weighted by molar-refractivity contribution is 5.76. The van der Waals surface area contributed by atoms with Gasteiger partial charge in [-0.2, -0.15) is 0 Å². The maximum atomic E-state index is 13.4. The van der Waals surface area contributed by atoms with Gasteiger partial charge in [0.05, 0.1) is 18.7 Å². The summed E-state index contributed by atoms with van der Waals surface area (Å²) in [6.45, 7) is -0.0201. The second-order valence-corrected chi connectivity index (χ2v) is 6.61. The first-order valence-corrected chi connectivity index (χ1v) is 8.97. The normalized spacial score (nSPS) is 16.8. The van der Waals surface area contributed by atoms with Crippen LogP contribution < -0.4 is 10.6 Å². The summed E-state index contributed by atoms with van der Waals surface area (Å²) in [6, 6.07) is 12.3. The summed E-state index contributed by atoms with van der Waals surface area (Å²) in [7, 11) is 0. The van der Waals surface area contributed by atoms with E-state index in [9.17, 15) is 19.1 Å². The van der Waals surface area contributed by atoms with Crippen LogP contribution in [0.5, 0.6) is 0 Å². The first-order chi connectivity index (χ1) is 13.5. The fraction of sp³-hybridized carbons (Fsp3) is 0.300. The molecule has 0 bridgehead atoms. The topological polar surface area (TPSA) is 102 Å². The zero-order valence-corrected chi connectivity index (χ0v) is 15.1. The van der Waals surface area contributed by atoms with Gasteiger partial charge in [-0.15, -0.1) is 0 Å². The van der Waals surface area contributed by atoms with Crippen LogP contribution in [0, 0.1) is 5.82 Å². The van der Waals surface area contributed by atoms with Crippen LogP contribution in [0.4, 0.5) is 14.0 Å². The van der Waals surface area contributed by atoms with Crippen LogP contribution in [0.3, 0.4) is 0 Å². The molecule has 28 heavy (non-hydrogen) atoms. The Morgan fingerprint density at radius 1 is 1.18 bits per heavy atom. The van der Waals surface area contributed by atoms with Gasteiger partial charge < -0.3 is 25.7 Å². The molecule has 0 saturated heterocycles. The molecule has 0 aromatic heterocycles. The number of hydrogen-bond acceptors (Lipinski definition) is 3. The lowest BCUT2D eigenvalue weighted by Crippen LogP contribution is -2.51. The average Bonchev–Trinajstić information content (AvgIpc) is 2.70. The van der Waals surface area contributed by atoms with E-state index in [1.807, 2.05) is 24.3 Å². The van der Waals surface area contributed by atoms with Gasteiger partial charge in [0.1, 0.15) is 5.82 Å². The van der Waals surface area contributed by atoms with E-state index in [0.717, 1.165) is 16.7 Å². The fourth-order valence-electron chi connectivity index (χ4n) is 3.44. The van der Waals surface area contributed by atoms with E-state index in [1.165, 1.54) is 12.1 Å². The highest BCUT2D eigenvalue weighted by Gasteiger charge is 2.32. The Morgan fingerprint density at radius 3 is 2.57 bits per heavy atom. The highest BCUT2D eigenvalue weighted by Crippen LogP contribution is 2.35. The monoisotopic (exact) mass is 387 g/mol. The van der Waals surface area contributed by atoms with Gasteiger partial charge in [0.25, 0.3) is 0 Å². The Kier molecular flexibility index (Phi) is 6.10. The Morgan fingerprint density at radius 2 is 1.89 bits per heavy atom. The minimum absolute atomic E-state index is 0.0457. The van der Waals surface area contributed by atoms with E-state index in [2.05, 4.69) is 10.6 Å². The number of carbonyl (C=O) groups is 2. The second-order valence-electron chi connectivity index (χ2n) is 6.61. The number of hydrogen-bond donors (Lipinski definition) is 4. The van der Waals surface area contributed by atoms with E-state index in [4.69, 9.17) is 5.11 Å². The molecular weight excluding hydrogens is 365 g/mol. The number of urea groups is 1. The molecule has 7 nitrogen and oxygen atoms in total. The SMILES string of the molecule is O=C(O)N[C@@H](CO)CNC(=O)N1CCc2ccccc2[C@@H]1c1ccc(F)cc1. The van der Waals surface area contributed by atoms with Crippen molar-refractivity contribution in [1.82, 2.24) is 15.5 Å². The number of halogens is 1. The molecule has 0 radical (unpaired) electrons. The summed E-state index contributed by atoms with van der Waals surface area (Å²) >= 11 is 0. The summed E-state index contributed by atoms with van der Waals surface area (Å²) in [4.78, 5) is 25.2. The molecule has 0 aliphatic carbocycles. The van der Waals surface area contributed by atoms with Gasteiger partial charge >= 0.3 is 12.1 Å². The third kappa shape index (κ3) is 4.40. The molecule has 1 aliphatic heterocycles. The number of fused-ring (bicyclic) bond motifs is 1. The first-order valence-electron chi connectivity index (χ1n) is 8.97. The largest absolute Gasteiger partial charge is 0.465 e. The quantitative estimate of drug-likeness (QED) is 0.631. The predicted octanol–water partition coefficient (Wildman–Crippen LogP) is 2.11. The maximum Gasteiger partial charge on any atom is 0.405 e. The smallest absolute Gasteiger partial charge is 0.405 e. The van der Waals surface area contributed by atoms with Crippen LogP contribution in [0.2, 0.25) is 0 Å². The first kappa shape index (κ1) is 19.6. The van der Waals surface area contributed by atoms with Gasteiger partial charge in [0, 0.05) is 13.1 Å². The summed E-state index contributed by atoms with van der Waals surface area (Å²) in [6.07, 6.45) is -0.595. The summed E-state index contributed by atoms with van der Waals surface area (Å²) < 4.78 is 13.4. The lowest BCUT2D eigenvalue weighted by molar-refractivity contribution is 0.167. The van der Waals surface area contributed by atoms with Crippen LogP contribution in [-0.2, 0) is 6.42 Å². The number of nitrogens with zero attached hydrogens (tertiary/aromatic N) is 1. The zero-order chi connectivity index (χ0) is 20.1. The van der Waals surface area contributed by atoms with Crippen molar-refractivity contribution < 1.29 is 24.2 Å². The van der Waals surface area contributed by atoms with E-state index < -0.39 is 18.7 Å². The lowest BCUT2D eigenvalue weighted by Gasteiger charge is -2.38. The lowest BCUT2D eigenvalue weighted by atomic mass is 9.88. The van der Waals surface area contributed by atoms with Crippen molar-refractivity contribution in [3.63, 3.8) is 0 Å². The minimum Gasteiger partial charge on any atom is -0.465 e. The molecular formula is C20H22FN3O4. The molecule has 2 aromatic carbocycles. The van der Waals surface area contributed by atoms with Crippen molar-refractivity contribution >= 4 is 12.1 Å². The molecule has 2 aromatic rings. The Bertz CT molecular complexity index is 844. The van der Waals surface area contributed by atoms with Gasteiger partial charge in [-0.1, -0.05) is 36.4 Å². The number of carboxylic acid groups (broad SMARTS) is 1. The van der Waals surface area contributed by atoms with Crippen LogP contribution in [0.1, 0.15) is 22.7 Å². The molecule has 0 spiro atoms. The Balaban J connectivity index is 1.83. The molecule has 1 aliphatic rings. The van der Waals surface area contributed by atoms with Crippen molar-refractivity contribution in [2.75, 3.05) is 19.7 Å². The van der Waals surface area contributed by atoms with Crippen LogP contribution >= 0.6 is 0 Å². The average molecular weight is 387 g/mol. The fourth-order valence-corrected chi connectivity index (χ4v) is 3.44. The third-order valence-electron chi connectivity index (χ3n) is 4.78. The number of aliphatic hydroxyl groups is 1. The van der Waals surface area contributed by atoms with Crippen LogP contribution in [0.25, 0.3) is 0 Å². The van der Waals surface area contributed by atoms with Crippen molar-refractivity contribution in [2.24, 2.45) is 0 Å². The van der Waals surface area contributed by atoms with Gasteiger partial charge in [-0.3, -0.25) is 0 Å². The number of nitrogens with one attached hydrogen (secondary N) is 2. The van der Waals surface area contributed by atoms with E-state index in [-0.39, 0.29) is 24.4 Å². The molecule has 0 unspecified atom stereocenters. The molecule has 0 saturated carbocycles. The van der Waals surface area contributed by atoms with E-state index >= 15 is 0 Å². The second kappa shape index (κ2) is 8.71. The molecule has 0 fully saturated rings. The zero-order valence-electron chi connectivity index (χ0n) is 15.1. The van der Waals surface area contributed by atoms with Gasteiger partial charge in [0.2, 0.25) is 0 Å². The summed E-state index contributed by atoms with van der Waals surface area (Å²) in [5.74, 6) is -0.352. The summed E-state index contributed by atoms with van der Waals surface area (Å²) in [5, 5.41) is 22.9. The molecule has 4 N–H and O–H groups in total. The van der Waals surface area contributed by atoms with E-state index in [1.54, 1.807) is 17.0 Å². The van der Waals surface area contributed by atoms with Crippen LogP contribution in [0.15, 0.2) is 48.5 Å². The minimum atomic E-state index is -1.27. The number of carbonyl (C=O) groups excluding carboxylic acids is 1. The predicted molar refractivity (Wildman–Crippen MR) is 101 cm³/mol. The van der Waals surface area contributed by atoms with Gasteiger partial charge in [-0.05, 0) is 35.2 Å².